The molecule has 0 aliphatic carbocycles. The van der Waals surface area contributed by atoms with E-state index >= 15 is 0 Å². The van der Waals surface area contributed by atoms with Crippen LogP contribution in [0.5, 0.6) is 5.75 Å². The molecule has 0 saturated carbocycles. The minimum atomic E-state index is 0.00465. The van der Waals surface area contributed by atoms with E-state index < -0.39 is 0 Å². The van der Waals surface area contributed by atoms with Gasteiger partial charge in [-0.1, -0.05) is 32.0 Å². The molecule has 0 bridgehead atoms. The molecule has 2 aromatic carbocycles. The number of ether oxygens (including phenoxy) is 1. The van der Waals surface area contributed by atoms with Crippen LogP contribution in [0.3, 0.4) is 0 Å². The second-order valence-electron chi connectivity index (χ2n) is 6.04. The summed E-state index contributed by atoms with van der Waals surface area (Å²) in [7, 11) is 3.61. The zero-order valence-corrected chi connectivity index (χ0v) is 14.3. The Morgan fingerprint density at radius 2 is 1.78 bits per heavy atom. The lowest BCUT2D eigenvalue weighted by molar-refractivity contribution is 0.415. The van der Waals surface area contributed by atoms with Crippen LogP contribution in [-0.4, -0.2) is 20.4 Å². The maximum atomic E-state index is 5.14. The Bertz CT molecular complexity index is 648. The Balaban J connectivity index is 1.97. The van der Waals surface area contributed by atoms with Gasteiger partial charge in [0, 0.05) is 18.9 Å². The summed E-state index contributed by atoms with van der Waals surface area (Å²) in [6, 6.07) is 16.1. The number of hydrogen-bond donors (Lipinski definition) is 2. The molecule has 0 atom stereocenters. The highest BCUT2D eigenvalue weighted by Crippen LogP contribution is 2.31. The first kappa shape index (κ1) is 16.9. The number of para-hydroxylation sites is 1. The quantitative estimate of drug-likeness (QED) is 0.584. The standard InChI is InChI=1S/C19H25N3O/c1-19(2,17-7-5-6-8-18(17)20-3)13-14-21-22-15-9-11-16(23-4)12-10-15/h5-12,14,20,22H,13H2,1-4H3/b21-14+. The van der Waals surface area contributed by atoms with Crippen LogP contribution in [0.2, 0.25) is 0 Å². The van der Waals surface area contributed by atoms with E-state index in [1.807, 2.05) is 43.6 Å². The third-order valence-corrected chi connectivity index (χ3v) is 3.90. The number of methoxy groups -OCH3 is 1. The van der Waals surface area contributed by atoms with Gasteiger partial charge in [-0.25, -0.2) is 0 Å². The predicted molar refractivity (Wildman–Crippen MR) is 98.7 cm³/mol. The highest BCUT2D eigenvalue weighted by Gasteiger charge is 2.22. The maximum absolute atomic E-state index is 5.14. The Kier molecular flexibility index (Phi) is 5.63. The van der Waals surface area contributed by atoms with Crippen LogP contribution in [0.15, 0.2) is 53.6 Å². The molecular weight excluding hydrogens is 286 g/mol. The summed E-state index contributed by atoms with van der Waals surface area (Å²) in [4.78, 5) is 0. The van der Waals surface area contributed by atoms with E-state index in [2.05, 4.69) is 47.9 Å². The molecule has 2 aromatic rings. The zero-order chi connectivity index (χ0) is 16.7. The van der Waals surface area contributed by atoms with Gasteiger partial charge in [0.15, 0.2) is 0 Å². The van der Waals surface area contributed by atoms with Crippen LogP contribution in [0.1, 0.15) is 25.8 Å². The van der Waals surface area contributed by atoms with Crippen molar-refractivity contribution in [1.82, 2.24) is 0 Å². The smallest absolute Gasteiger partial charge is 0.119 e. The zero-order valence-electron chi connectivity index (χ0n) is 14.3. The number of benzene rings is 2. The molecule has 0 heterocycles. The van der Waals surface area contributed by atoms with Gasteiger partial charge in [0.25, 0.3) is 0 Å². The molecule has 0 aliphatic rings. The first-order valence-electron chi connectivity index (χ1n) is 7.75. The average Bonchev–Trinajstić information content (AvgIpc) is 2.59. The number of rotatable bonds is 7. The monoisotopic (exact) mass is 311 g/mol. The molecule has 0 aliphatic heterocycles. The minimum absolute atomic E-state index is 0.00465. The van der Waals surface area contributed by atoms with Crippen LogP contribution in [0, 0.1) is 0 Å². The Morgan fingerprint density at radius 3 is 2.43 bits per heavy atom. The molecule has 4 heteroatoms. The molecule has 0 spiro atoms. The van der Waals surface area contributed by atoms with Crippen molar-refractivity contribution in [3.05, 3.63) is 54.1 Å². The minimum Gasteiger partial charge on any atom is -0.497 e. The number of nitrogens with zero attached hydrogens (tertiary/aromatic N) is 1. The fourth-order valence-electron chi connectivity index (χ4n) is 2.46. The molecular formula is C19H25N3O. The molecule has 0 aromatic heterocycles. The largest absolute Gasteiger partial charge is 0.497 e. The normalized spacial score (nSPS) is 11.5. The molecule has 0 amide bonds. The summed E-state index contributed by atoms with van der Waals surface area (Å²) in [5.41, 5.74) is 6.44. The van der Waals surface area contributed by atoms with Crippen LogP contribution >= 0.6 is 0 Å². The van der Waals surface area contributed by atoms with Crippen molar-refractivity contribution >= 4 is 17.6 Å². The molecule has 23 heavy (non-hydrogen) atoms. The first-order valence-corrected chi connectivity index (χ1v) is 7.75. The summed E-state index contributed by atoms with van der Waals surface area (Å²) in [6.07, 6.45) is 2.77. The third-order valence-electron chi connectivity index (χ3n) is 3.90. The highest BCUT2D eigenvalue weighted by molar-refractivity contribution is 5.64. The summed E-state index contributed by atoms with van der Waals surface area (Å²) in [6.45, 7) is 4.45. The van der Waals surface area contributed by atoms with Gasteiger partial charge in [-0.3, -0.25) is 5.43 Å². The summed E-state index contributed by atoms with van der Waals surface area (Å²) in [5.74, 6) is 0.837. The molecule has 0 saturated heterocycles. The van der Waals surface area contributed by atoms with Gasteiger partial charge in [-0.15, -0.1) is 0 Å². The Morgan fingerprint density at radius 1 is 1.09 bits per heavy atom. The summed E-state index contributed by atoms with van der Waals surface area (Å²) in [5, 5.41) is 7.58. The van der Waals surface area contributed by atoms with Gasteiger partial charge in [0.1, 0.15) is 5.75 Å². The van der Waals surface area contributed by atoms with Crippen molar-refractivity contribution < 1.29 is 4.74 Å². The fraction of sp³-hybridized carbons (Fsp3) is 0.316. The number of anilines is 2. The van der Waals surface area contributed by atoms with Crippen molar-refractivity contribution in [3.8, 4) is 5.75 Å². The molecule has 0 fully saturated rings. The SMILES string of the molecule is CNc1ccccc1C(C)(C)C/C=N/Nc1ccc(OC)cc1. The lowest BCUT2D eigenvalue weighted by Crippen LogP contribution is -2.19. The molecule has 4 nitrogen and oxygen atoms in total. The molecule has 0 unspecified atom stereocenters. The lowest BCUT2D eigenvalue weighted by atomic mass is 9.81. The maximum Gasteiger partial charge on any atom is 0.119 e. The summed E-state index contributed by atoms with van der Waals surface area (Å²) >= 11 is 0. The van der Waals surface area contributed by atoms with Crippen LogP contribution in [0.25, 0.3) is 0 Å². The third kappa shape index (κ3) is 4.49. The van der Waals surface area contributed by atoms with Gasteiger partial charge in [-0.05, 0) is 47.7 Å². The fourth-order valence-corrected chi connectivity index (χ4v) is 2.46. The van der Waals surface area contributed by atoms with Crippen molar-refractivity contribution in [1.29, 1.82) is 0 Å². The van der Waals surface area contributed by atoms with Gasteiger partial charge < -0.3 is 10.1 Å². The Hall–Kier alpha value is -2.49. The molecule has 122 valence electrons. The van der Waals surface area contributed by atoms with Crippen LogP contribution < -0.4 is 15.5 Å². The van der Waals surface area contributed by atoms with Crippen LogP contribution in [-0.2, 0) is 5.41 Å². The van der Waals surface area contributed by atoms with Gasteiger partial charge in [-0.2, -0.15) is 5.10 Å². The van der Waals surface area contributed by atoms with Crippen molar-refractivity contribution in [2.24, 2.45) is 5.10 Å². The van der Waals surface area contributed by atoms with E-state index in [4.69, 9.17) is 4.74 Å². The summed E-state index contributed by atoms with van der Waals surface area (Å²) < 4.78 is 5.14. The number of hydrogen-bond acceptors (Lipinski definition) is 4. The van der Waals surface area contributed by atoms with Crippen molar-refractivity contribution in [2.45, 2.75) is 25.7 Å². The van der Waals surface area contributed by atoms with E-state index in [9.17, 15) is 0 Å². The first-order chi connectivity index (χ1) is 11.1. The van der Waals surface area contributed by atoms with E-state index in [0.717, 1.165) is 23.5 Å². The second kappa shape index (κ2) is 7.68. The predicted octanol–water partition coefficient (Wildman–Crippen LogP) is 4.50. The topological polar surface area (TPSA) is 45.7 Å². The molecule has 2 rings (SSSR count). The lowest BCUT2D eigenvalue weighted by Gasteiger charge is -2.26. The van der Waals surface area contributed by atoms with Gasteiger partial charge >= 0.3 is 0 Å². The van der Waals surface area contributed by atoms with E-state index in [0.29, 0.717) is 0 Å². The molecule has 2 N–H and O–H groups in total. The van der Waals surface area contributed by atoms with Crippen molar-refractivity contribution in [2.75, 3.05) is 24.9 Å². The number of hydrazone groups is 1. The van der Waals surface area contributed by atoms with Crippen LogP contribution in [0.4, 0.5) is 11.4 Å². The number of nitrogens with one attached hydrogen (secondary N) is 2. The van der Waals surface area contributed by atoms with Gasteiger partial charge in [0.2, 0.25) is 0 Å². The van der Waals surface area contributed by atoms with Crippen molar-refractivity contribution in [3.63, 3.8) is 0 Å². The molecule has 0 radical (unpaired) electrons. The Labute approximate surface area is 138 Å². The second-order valence-corrected chi connectivity index (χ2v) is 6.04. The highest BCUT2D eigenvalue weighted by atomic mass is 16.5. The van der Waals surface area contributed by atoms with E-state index in [1.54, 1.807) is 7.11 Å². The van der Waals surface area contributed by atoms with Gasteiger partial charge in [0.05, 0.1) is 12.8 Å². The van der Waals surface area contributed by atoms with E-state index in [1.165, 1.54) is 5.56 Å². The van der Waals surface area contributed by atoms with E-state index in [-0.39, 0.29) is 5.41 Å². The average molecular weight is 311 g/mol.